The molecule has 0 spiro atoms. The fourth-order valence-corrected chi connectivity index (χ4v) is 7.38. The van der Waals surface area contributed by atoms with E-state index in [1.54, 1.807) is 35.6 Å². The van der Waals surface area contributed by atoms with Gasteiger partial charge < -0.3 is 19.3 Å². The Morgan fingerprint density at radius 1 is 1.16 bits per heavy atom. The molecule has 1 aliphatic carbocycles. The number of aryl methyl sites for hydroxylation is 1. The van der Waals surface area contributed by atoms with Gasteiger partial charge in [0.2, 0.25) is 0 Å². The fourth-order valence-electron chi connectivity index (χ4n) is 6.16. The lowest BCUT2D eigenvalue weighted by molar-refractivity contribution is 0.0147. The molecule has 1 N–H and O–H groups in total. The molecule has 0 amide bonds. The number of nitrogens with zero attached hydrogens (tertiary/aromatic N) is 3. The predicted molar refractivity (Wildman–Crippen MR) is 142 cm³/mol. The maximum atomic E-state index is 13.5. The maximum absolute atomic E-state index is 13.5. The van der Waals surface area contributed by atoms with Crippen LogP contribution in [0, 0.1) is 12.7 Å². The molecular formula is C29H28FN3O4S. The van der Waals surface area contributed by atoms with Crippen LogP contribution < -0.4 is 4.90 Å². The summed E-state index contributed by atoms with van der Waals surface area (Å²) < 4.78 is 26.7. The number of rotatable bonds is 7. The van der Waals surface area contributed by atoms with Crippen molar-refractivity contribution in [1.82, 2.24) is 10.1 Å². The molecule has 7 nitrogen and oxygen atoms in total. The van der Waals surface area contributed by atoms with Crippen molar-refractivity contribution in [2.24, 2.45) is 0 Å². The van der Waals surface area contributed by atoms with Gasteiger partial charge in [-0.15, -0.1) is 0 Å². The molecule has 4 aromatic rings. The van der Waals surface area contributed by atoms with Crippen LogP contribution in [0.25, 0.3) is 21.5 Å². The Hall–Kier alpha value is -3.30. The number of anilines is 1. The van der Waals surface area contributed by atoms with Crippen molar-refractivity contribution >= 4 is 32.7 Å². The van der Waals surface area contributed by atoms with E-state index in [0.717, 1.165) is 82.0 Å². The molecule has 2 saturated heterocycles. The monoisotopic (exact) mass is 533 g/mol. The number of halogens is 1. The maximum Gasteiger partial charge on any atom is 0.335 e. The first-order valence-corrected chi connectivity index (χ1v) is 14.0. The van der Waals surface area contributed by atoms with Gasteiger partial charge in [-0.3, -0.25) is 0 Å². The minimum Gasteiger partial charge on any atom is -0.478 e. The van der Waals surface area contributed by atoms with E-state index in [1.165, 1.54) is 12.1 Å². The Morgan fingerprint density at radius 3 is 2.58 bits per heavy atom. The van der Waals surface area contributed by atoms with E-state index in [4.69, 9.17) is 14.2 Å². The van der Waals surface area contributed by atoms with Crippen LogP contribution in [0.3, 0.4) is 0 Å². The van der Waals surface area contributed by atoms with Crippen molar-refractivity contribution in [2.75, 3.05) is 4.90 Å². The Labute approximate surface area is 223 Å². The molecule has 196 valence electrons. The highest BCUT2D eigenvalue weighted by Gasteiger charge is 2.43. The van der Waals surface area contributed by atoms with E-state index in [1.807, 2.05) is 6.92 Å². The number of carboxylic acid groups (broad SMARTS) is 1. The topological polar surface area (TPSA) is 88.7 Å². The number of ether oxygens (including phenoxy) is 1. The number of fused-ring (bicyclic) bond motifs is 3. The molecule has 3 fully saturated rings. The van der Waals surface area contributed by atoms with Gasteiger partial charge in [0.1, 0.15) is 17.3 Å². The summed E-state index contributed by atoms with van der Waals surface area (Å²) in [6.45, 7) is 2.36. The van der Waals surface area contributed by atoms with Gasteiger partial charge in [0.15, 0.2) is 5.13 Å². The number of piperidine rings is 1. The van der Waals surface area contributed by atoms with E-state index >= 15 is 0 Å². The lowest BCUT2D eigenvalue weighted by Crippen LogP contribution is -2.45. The zero-order valence-electron chi connectivity index (χ0n) is 21.0. The third kappa shape index (κ3) is 4.18. The third-order valence-corrected chi connectivity index (χ3v) is 9.20. The quantitative estimate of drug-likeness (QED) is 0.283. The van der Waals surface area contributed by atoms with Gasteiger partial charge >= 0.3 is 5.97 Å². The molecule has 4 heterocycles. The second kappa shape index (κ2) is 9.17. The van der Waals surface area contributed by atoms with Crippen LogP contribution in [-0.2, 0) is 11.3 Å². The van der Waals surface area contributed by atoms with Gasteiger partial charge in [-0.05, 0) is 87.4 Å². The van der Waals surface area contributed by atoms with Crippen LogP contribution in [0.2, 0.25) is 0 Å². The first-order chi connectivity index (χ1) is 18.4. The van der Waals surface area contributed by atoms with Gasteiger partial charge in [-0.2, -0.15) is 0 Å². The summed E-state index contributed by atoms with van der Waals surface area (Å²) in [5.74, 6) is 0.126. The molecule has 2 bridgehead atoms. The number of benzene rings is 2. The van der Waals surface area contributed by atoms with Crippen molar-refractivity contribution < 1.29 is 23.6 Å². The van der Waals surface area contributed by atoms with Crippen LogP contribution >= 0.6 is 11.3 Å². The molecule has 2 aromatic carbocycles. The van der Waals surface area contributed by atoms with Gasteiger partial charge in [0.05, 0.1) is 28.5 Å². The second-order valence-corrected chi connectivity index (χ2v) is 11.8. The summed E-state index contributed by atoms with van der Waals surface area (Å²) in [6.07, 6.45) is 6.36. The zero-order valence-corrected chi connectivity index (χ0v) is 21.8. The number of carboxylic acids is 1. The number of aromatic carboxylic acids is 1. The van der Waals surface area contributed by atoms with Crippen molar-refractivity contribution in [3.63, 3.8) is 0 Å². The average Bonchev–Trinajstić information content (AvgIpc) is 3.41. The molecule has 1 saturated carbocycles. The van der Waals surface area contributed by atoms with E-state index in [9.17, 15) is 14.3 Å². The third-order valence-electron chi connectivity index (χ3n) is 8.18. The largest absolute Gasteiger partial charge is 0.478 e. The smallest absolute Gasteiger partial charge is 0.335 e. The standard InChI is InChI=1S/C29H28FN3O4S/c1-15-10-18(28(34)35)11-24-25(15)31-29(38-24)33-20-8-9-21(33)13-22(12-20)36-14-23-26(16-4-6-19(30)7-5-16)32-37-27(23)17-2-3-17/h4-7,10-11,17,20-22H,2-3,8-9,12-14H2,1H3,(H,34,35)/t20-,21+,22+. The van der Waals surface area contributed by atoms with Crippen molar-refractivity contribution in [1.29, 1.82) is 0 Å². The Morgan fingerprint density at radius 2 is 1.89 bits per heavy atom. The SMILES string of the molecule is Cc1cc(C(=O)O)cc2sc(N3[C@@H]4CC[C@H]3C[C@@H](OCc3c(-c5ccc(F)cc5)noc3C3CC3)C4)nc12. The normalized spacial score (nSPS) is 22.9. The molecule has 38 heavy (non-hydrogen) atoms. The summed E-state index contributed by atoms with van der Waals surface area (Å²) in [6, 6.07) is 10.5. The van der Waals surface area contributed by atoms with Crippen molar-refractivity contribution in [2.45, 2.75) is 76.2 Å². The Kier molecular flexibility index (Phi) is 5.74. The summed E-state index contributed by atoms with van der Waals surface area (Å²) in [4.78, 5) is 18.9. The van der Waals surface area contributed by atoms with E-state index in [2.05, 4.69) is 10.1 Å². The Balaban J connectivity index is 1.09. The lowest BCUT2D eigenvalue weighted by atomic mass is 10.00. The van der Waals surface area contributed by atoms with Crippen LogP contribution in [0.15, 0.2) is 40.9 Å². The molecule has 3 aliphatic rings. The summed E-state index contributed by atoms with van der Waals surface area (Å²) in [7, 11) is 0. The van der Waals surface area contributed by atoms with Crippen LogP contribution in [0.4, 0.5) is 9.52 Å². The average molecular weight is 534 g/mol. The summed E-state index contributed by atoms with van der Waals surface area (Å²) in [5, 5.41) is 14.8. The van der Waals surface area contributed by atoms with Crippen LogP contribution in [-0.4, -0.2) is 39.4 Å². The fraction of sp³-hybridized carbons (Fsp3) is 0.414. The predicted octanol–water partition coefficient (Wildman–Crippen LogP) is 6.69. The van der Waals surface area contributed by atoms with Gasteiger partial charge in [-0.25, -0.2) is 14.2 Å². The zero-order chi connectivity index (χ0) is 26.0. The van der Waals surface area contributed by atoms with Gasteiger partial charge in [0, 0.05) is 29.1 Å². The van der Waals surface area contributed by atoms with E-state index < -0.39 is 5.97 Å². The van der Waals surface area contributed by atoms with Gasteiger partial charge in [-0.1, -0.05) is 16.5 Å². The Bertz CT molecular complexity index is 1510. The summed E-state index contributed by atoms with van der Waals surface area (Å²) >= 11 is 1.59. The highest BCUT2D eigenvalue weighted by Crippen LogP contribution is 2.46. The van der Waals surface area contributed by atoms with Crippen LogP contribution in [0.5, 0.6) is 0 Å². The molecule has 0 radical (unpaired) electrons. The van der Waals surface area contributed by atoms with Crippen molar-refractivity contribution in [3.8, 4) is 11.3 Å². The molecule has 2 aliphatic heterocycles. The summed E-state index contributed by atoms with van der Waals surface area (Å²) in [5.41, 5.74) is 4.67. The highest BCUT2D eigenvalue weighted by molar-refractivity contribution is 7.22. The minimum atomic E-state index is -0.914. The van der Waals surface area contributed by atoms with Crippen molar-refractivity contribution in [3.05, 3.63) is 64.7 Å². The number of aromatic nitrogens is 2. The molecule has 0 unspecified atom stereocenters. The van der Waals surface area contributed by atoms with E-state index in [-0.39, 0.29) is 11.9 Å². The molecular weight excluding hydrogens is 505 g/mol. The van der Waals surface area contributed by atoms with Gasteiger partial charge in [0.25, 0.3) is 0 Å². The first-order valence-electron chi connectivity index (χ1n) is 13.2. The lowest BCUT2D eigenvalue weighted by Gasteiger charge is -2.38. The molecule has 9 heteroatoms. The number of thiazole rings is 1. The highest BCUT2D eigenvalue weighted by atomic mass is 32.1. The first kappa shape index (κ1) is 23.8. The number of carbonyl (C=O) groups is 1. The molecule has 7 rings (SSSR count). The number of hydrogen-bond donors (Lipinski definition) is 1. The molecule has 3 atom stereocenters. The van der Waals surface area contributed by atoms with E-state index in [0.29, 0.717) is 30.2 Å². The van der Waals surface area contributed by atoms with Crippen LogP contribution in [0.1, 0.15) is 71.7 Å². The second-order valence-electron chi connectivity index (χ2n) is 10.8. The number of hydrogen-bond acceptors (Lipinski definition) is 7. The minimum absolute atomic E-state index is 0.126. The molecule has 2 aromatic heterocycles.